The van der Waals surface area contributed by atoms with Gasteiger partial charge in [-0.2, -0.15) is 0 Å². The minimum Gasteiger partial charge on any atom is -0.444 e. The van der Waals surface area contributed by atoms with Crippen molar-refractivity contribution in [1.82, 2.24) is 4.90 Å². The first-order valence-corrected chi connectivity index (χ1v) is 7.41. The third-order valence-electron chi connectivity index (χ3n) is 3.54. The lowest BCUT2D eigenvalue weighted by molar-refractivity contribution is 0.0282. The number of hydrogen-bond acceptors (Lipinski definition) is 3. The second kappa shape index (κ2) is 6.60. The maximum atomic E-state index is 12.1. The number of amides is 1. The highest BCUT2D eigenvalue weighted by Gasteiger charge is 2.36. The normalized spacial score (nSPS) is 24.1. The van der Waals surface area contributed by atoms with Crippen molar-refractivity contribution in [2.24, 2.45) is 23.5 Å². The molecule has 1 aliphatic heterocycles. The minimum atomic E-state index is -0.420. The molecule has 0 saturated carbocycles. The molecule has 2 atom stereocenters. The molecule has 0 aromatic carbocycles. The summed E-state index contributed by atoms with van der Waals surface area (Å²) in [6, 6.07) is 0. The number of ether oxygens (including phenoxy) is 1. The van der Waals surface area contributed by atoms with Crippen molar-refractivity contribution in [3.05, 3.63) is 0 Å². The van der Waals surface area contributed by atoms with Crippen molar-refractivity contribution in [2.75, 3.05) is 19.6 Å². The van der Waals surface area contributed by atoms with Gasteiger partial charge in [-0.3, -0.25) is 0 Å². The van der Waals surface area contributed by atoms with Crippen LogP contribution < -0.4 is 5.73 Å². The topological polar surface area (TPSA) is 55.6 Å². The number of carbonyl (C=O) groups is 1. The van der Waals surface area contributed by atoms with Gasteiger partial charge < -0.3 is 15.4 Å². The fraction of sp³-hybridized carbons (Fsp3) is 0.933. The lowest BCUT2D eigenvalue weighted by Gasteiger charge is -2.24. The maximum Gasteiger partial charge on any atom is 0.410 e. The molecule has 1 heterocycles. The van der Waals surface area contributed by atoms with Crippen LogP contribution >= 0.6 is 0 Å². The van der Waals surface area contributed by atoms with E-state index in [0.717, 1.165) is 25.9 Å². The molecule has 0 aliphatic carbocycles. The zero-order chi connectivity index (χ0) is 14.6. The quantitative estimate of drug-likeness (QED) is 0.854. The first kappa shape index (κ1) is 16.3. The Kier molecular flexibility index (Phi) is 5.65. The first-order valence-electron chi connectivity index (χ1n) is 7.41. The summed E-state index contributed by atoms with van der Waals surface area (Å²) in [5.74, 6) is 1.75. The Bertz CT molecular complexity index is 297. The van der Waals surface area contributed by atoms with Crippen LogP contribution in [0.4, 0.5) is 4.79 Å². The van der Waals surface area contributed by atoms with Gasteiger partial charge in [-0.1, -0.05) is 13.8 Å². The molecule has 1 fully saturated rings. The van der Waals surface area contributed by atoms with E-state index in [-0.39, 0.29) is 6.09 Å². The number of nitrogens with two attached hydrogens (primary N) is 1. The van der Waals surface area contributed by atoms with Crippen LogP contribution in [0, 0.1) is 17.8 Å². The zero-order valence-corrected chi connectivity index (χ0v) is 13.1. The summed E-state index contributed by atoms with van der Waals surface area (Å²) >= 11 is 0. The molecule has 1 saturated heterocycles. The third-order valence-corrected chi connectivity index (χ3v) is 3.54. The van der Waals surface area contributed by atoms with Gasteiger partial charge in [0, 0.05) is 13.1 Å². The van der Waals surface area contributed by atoms with E-state index < -0.39 is 5.60 Å². The molecule has 0 bridgehead atoms. The molecule has 1 aliphatic rings. The Balaban J connectivity index is 2.61. The van der Waals surface area contributed by atoms with E-state index in [1.807, 2.05) is 25.7 Å². The minimum absolute atomic E-state index is 0.180. The molecule has 2 N–H and O–H groups in total. The van der Waals surface area contributed by atoms with Gasteiger partial charge in [0.25, 0.3) is 0 Å². The molecule has 4 heteroatoms. The van der Waals surface area contributed by atoms with Gasteiger partial charge in [-0.15, -0.1) is 0 Å². The van der Waals surface area contributed by atoms with Crippen LogP contribution in [0.3, 0.4) is 0 Å². The van der Waals surface area contributed by atoms with E-state index in [2.05, 4.69) is 13.8 Å². The average molecular weight is 270 g/mol. The highest BCUT2D eigenvalue weighted by molar-refractivity contribution is 5.68. The summed E-state index contributed by atoms with van der Waals surface area (Å²) in [6.45, 7) is 12.5. The monoisotopic (exact) mass is 270 g/mol. The predicted octanol–water partition coefficient (Wildman–Crippen LogP) is 2.86. The first-order chi connectivity index (χ1) is 8.73. The summed E-state index contributed by atoms with van der Waals surface area (Å²) in [6.07, 6.45) is 1.97. The van der Waals surface area contributed by atoms with E-state index in [4.69, 9.17) is 10.5 Å². The predicted molar refractivity (Wildman–Crippen MR) is 77.9 cm³/mol. The van der Waals surface area contributed by atoms with Crippen molar-refractivity contribution in [3.63, 3.8) is 0 Å². The maximum absolute atomic E-state index is 12.1. The lowest BCUT2D eigenvalue weighted by Crippen LogP contribution is -2.35. The second-order valence-electron chi connectivity index (χ2n) is 7.11. The van der Waals surface area contributed by atoms with Gasteiger partial charge in [-0.25, -0.2) is 4.79 Å². The summed E-state index contributed by atoms with van der Waals surface area (Å²) < 4.78 is 5.46. The fourth-order valence-corrected chi connectivity index (χ4v) is 2.83. The Morgan fingerprint density at radius 1 is 1.32 bits per heavy atom. The zero-order valence-electron chi connectivity index (χ0n) is 13.1. The third kappa shape index (κ3) is 5.39. The van der Waals surface area contributed by atoms with E-state index in [1.54, 1.807) is 0 Å². The van der Waals surface area contributed by atoms with Crippen LogP contribution in [-0.2, 0) is 4.74 Å². The number of likely N-dealkylation sites (tertiary alicyclic amines) is 1. The molecule has 0 spiro atoms. The SMILES string of the molecule is CC(C)CC1CN(C(=O)OC(C)(C)C)CC1CCN. The molecule has 0 aromatic rings. The highest BCUT2D eigenvalue weighted by atomic mass is 16.6. The van der Waals surface area contributed by atoms with Crippen molar-refractivity contribution < 1.29 is 9.53 Å². The van der Waals surface area contributed by atoms with Gasteiger partial charge in [0.2, 0.25) is 0 Å². The fourth-order valence-electron chi connectivity index (χ4n) is 2.83. The van der Waals surface area contributed by atoms with E-state index >= 15 is 0 Å². The van der Waals surface area contributed by atoms with Crippen molar-refractivity contribution in [2.45, 2.75) is 53.1 Å². The Morgan fingerprint density at radius 2 is 1.89 bits per heavy atom. The van der Waals surface area contributed by atoms with Crippen LogP contribution in [0.15, 0.2) is 0 Å². The van der Waals surface area contributed by atoms with Crippen LogP contribution in [0.1, 0.15) is 47.5 Å². The summed E-state index contributed by atoms with van der Waals surface area (Å²) in [5.41, 5.74) is 5.27. The molecule has 2 unspecified atom stereocenters. The standard InChI is InChI=1S/C15H30N2O2/c1-11(2)8-13-10-17(9-12(13)6-7-16)14(18)19-15(3,4)5/h11-13H,6-10,16H2,1-5H3. The van der Waals surface area contributed by atoms with E-state index in [9.17, 15) is 4.79 Å². The van der Waals surface area contributed by atoms with Gasteiger partial charge in [0.05, 0.1) is 0 Å². The Labute approximate surface area is 117 Å². The van der Waals surface area contributed by atoms with Crippen LogP contribution in [-0.4, -0.2) is 36.2 Å². The molecule has 4 nitrogen and oxygen atoms in total. The molecule has 1 rings (SSSR count). The van der Waals surface area contributed by atoms with Gasteiger partial charge in [-0.05, 0) is 57.9 Å². The molecular weight excluding hydrogens is 240 g/mol. The summed E-state index contributed by atoms with van der Waals surface area (Å²) in [7, 11) is 0. The molecular formula is C15H30N2O2. The van der Waals surface area contributed by atoms with Crippen LogP contribution in [0.25, 0.3) is 0 Å². The smallest absolute Gasteiger partial charge is 0.410 e. The number of carbonyl (C=O) groups excluding carboxylic acids is 1. The Morgan fingerprint density at radius 3 is 2.37 bits per heavy atom. The molecule has 112 valence electrons. The van der Waals surface area contributed by atoms with Gasteiger partial charge >= 0.3 is 6.09 Å². The molecule has 0 aromatic heterocycles. The lowest BCUT2D eigenvalue weighted by atomic mass is 9.86. The van der Waals surface area contributed by atoms with Crippen molar-refractivity contribution in [3.8, 4) is 0 Å². The molecule has 19 heavy (non-hydrogen) atoms. The Hall–Kier alpha value is -0.770. The summed E-state index contributed by atoms with van der Waals surface area (Å²) in [5, 5.41) is 0. The number of hydrogen-bond donors (Lipinski definition) is 1. The van der Waals surface area contributed by atoms with Crippen molar-refractivity contribution in [1.29, 1.82) is 0 Å². The van der Waals surface area contributed by atoms with Crippen LogP contribution in [0.5, 0.6) is 0 Å². The average Bonchev–Trinajstić information content (AvgIpc) is 2.59. The van der Waals surface area contributed by atoms with Crippen LogP contribution in [0.2, 0.25) is 0 Å². The van der Waals surface area contributed by atoms with Gasteiger partial charge in [0.1, 0.15) is 5.60 Å². The van der Waals surface area contributed by atoms with E-state index in [0.29, 0.717) is 24.3 Å². The second-order valence-corrected chi connectivity index (χ2v) is 7.11. The summed E-state index contributed by atoms with van der Waals surface area (Å²) in [4.78, 5) is 14.0. The van der Waals surface area contributed by atoms with Gasteiger partial charge in [0.15, 0.2) is 0 Å². The highest BCUT2D eigenvalue weighted by Crippen LogP contribution is 2.31. The number of rotatable bonds is 4. The molecule has 1 amide bonds. The van der Waals surface area contributed by atoms with E-state index in [1.165, 1.54) is 0 Å². The number of nitrogens with zero attached hydrogens (tertiary/aromatic N) is 1. The largest absolute Gasteiger partial charge is 0.444 e. The molecule has 0 radical (unpaired) electrons. The van der Waals surface area contributed by atoms with Crippen molar-refractivity contribution >= 4 is 6.09 Å².